The highest BCUT2D eigenvalue weighted by Crippen LogP contribution is 2.36. The molecule has 164 valence electrons. The molecule has 0 amide bonds. The SMILES string of the molecule is CC(F)(F)C1=CC=C(CN(c2ncnc(NCC3(O)CCOC3)c2F)C2CC2)CC1. The molecule has 1 saturated heterocycles. The fraction of sp³-hybridized carbons (Fsp3) is 0.619. The molecule has 2 N–H and O–H groups in total. The summed E-state index contributed by atoms with van der Waals surface area (Å²) in [6.07, 6.45) is 7.67. The number of halogens is 3. The molecule has 1 saturated carbocycles. The van der Waals surface area contributed by atoms with Crippen LogP contribution in [-0.4, -0.2) is 58.9 Å². The summed E-state index contributed by atoms with van der Waals surface area (Å²) in [7, 11) is 0. The normalized spacial score (nSPS) is 24.4. The molecule has 6 nitrogen and oxygen atoms in total. The molecule has 1 atom stereocenters. The van der Waals surface area contributed by atoms with Crippen molar-refractivity contribution in [3.8, 4) is 0 Å². The van der Waals surface area contributed by atoms with Crippen LogP contribution in [0.5, 0.6) is 0 Å². The van der Waals surface area contributed by atoms with Gasteiger partial charge in [-0.1, -0.05) is 17.7 Å². The van der Waals surface area contributed by atoms with Gasteiger partial charge in [-0.25, -0.2) is 18.7 Å². The summed E-state index contributed by atoms with van der Waals surface area (Å²) in [4.78, 5) is 10.1. The maximum Gasteiger partial charge on any atom is 0.266 e. The van der Waals surface area contributed by atoms with Gasteiger partial charge in [0.05, 0.1) is 6.61 Å². The zero-order valence-electron chi connectivity index (χ0n) is 17.0. The lowest BCUT2D eigenvalue weighted by molar-refractivity contribution is 0.0381. The van der Waals surface area contributed by atoms with Crippen LogP contribution in [-0.2, 0) is 4.74 Å². The van der Waals surface area contributed by atoms with Crippen LogP contribution in [0.15, 0.2) is 29.6 Å². The first-order valence-corrected chi connectivity index (χ1v) is 10.3. The van der Waals surface area contributed by atoms with E-state index in [1.54, 1.807) is 6.08 Å². The number of allylic oxidation sites excluding steroid dienone is 3. The summed E-state index contributed by atoms with van der Waals surface area (Å²) < 4.78 is 47.4. The van der Waals surface area contributed by atoms with Crippen molar-refractivity contribution in [3.63, 3.8) is 0 Å². The Morgan fingerprint density at radius 2 is 2.10 bits per heavy atom. The van der Waals surface area contributed by atoms with E-state index in [1.807, 2.05) is 4.90 Å². The van der Waals surface area contributed by atoms with Gasteiger partial charge in [0.2, 0.25) is 5.82 Å². The molecule has 2 heterocycles. The minimum atomic E-state index is -2.81. The summed E-state index contributed by atoms with van der Waals surface area (Å²) in [5, 5.41) is 13.3. The Balaban J connectivity index is 1.49. The fourth-order valence-corrected chi connectivity index (χ4v) is 3.83. The summed E-state index contributed by atoms with van der Waals surface area (Å²) in [6, 6.07) is 0.175. The predicted octanol–water partition coefficient (Wildman–Crippen LogP) is 3.45. The summed E-state index contributed by atoms with van der Waals surface area (Å²) >= 11 is 0. The maximum atomic E-state index is 15.2. The molecule has 1 aliphatic heterocycles. The number of anilines is 2. The van der Waals surface area contributed by atoms with Gasteiger partial charge in [-0.3, -0.25) is 0 Å². The van der Waals surface area contributed by atoms with Crippen LogP contribution in [0, 0.1) is 5.82 Å². The minimum absolute atomic E-state index is 0.0383. The highest BCUT2D eigenvalue weighted by atomic mass is 19.3. The van der Waals surface area contributed by atoms with Crippen molar-refractivity contribution in [2.24, 2.45) is 0 Å². The largest absolute Gasteiger partial charge is 0.386 e. The number of hydrogen-bond donors (Lipinski definition) is 2. The van der Waals surface area contributed by atoms with Crippen LogP contribution >= 0.6 is 0 Å². The van der Waals surface area contributed by atoms with Crippen molar-refractivity contribution in [1.29, 1.82) is 0 Å². The molecule has 9 heteroatoms. The van der Waals surface area contributed by atoms with Gasteiger partial charge in [0.15, 0.2) is 11.6 Å². The Labute approximate surface area is 173 Å². The van der Waals surface area contributed by atoms with Gasteiger partial charge in [-0.05, 0) is 31.3 Å². The average Bonchev–Trinajstić information content (AvgIpc) is 3.46. The van der Waals surface area contributed by atoms with E-state index in [0.717, 1.165) is 25.3 Å². The van der Waals surface area contributed by atoms with Crippen molar-refractivity contribution in [2.45, 2.75) is 56.6 Å². The second kappa shape index (κ2) is 8.19. The number of rotatable bonds is 8. The van der Waals surface area contributed by atoms with Gasteiger partial charge in [0, 0.05) is 39.1 Å². The number of aliphatic hydroxyl groups is 1. The van der Waals surface area contributed by atoms with Crippen molar-refractivity contribution in [1.82, 2.24) is 9.97 Å². The van der Waals surface area contributed by atoms with Crippen LogP contribution < -0.4 is 10.2 Å². The van der Waals surface area contributed by atoms with Crippen LogP contribution in [0.25, 0.3) is 0 Å². The molecule has 30 heavy (non-hydrogen) atoms. The van der Waals surface area contributed by atoms with Crippen LogP contribution in [0.4, 0.5) is 24.8 Å². The van der Waals surface area contributed by atoms with Gasteiger partial charge in [0.25, 0.3) is 5.92 Å². The van der Waals surface area contributed by atoms with Crippen LogP contribution in [0.1, 0.15) is 39.0 Å². The van der Waals surface area contributed by atoms with Gasteiger partial charge >= 0.3 is 0 Å². The Morgan fingerprint density at radius 3 is 2.70 bits per heavy atom. The molecule has 2 aliphatic carbocycles. The Bertz CT molecular complexity index is 843. The van der Waals surface area contributed by atoms with E-state index in [9.17, 15) is 13.9 Å². The number of hydrogen-bond acceptors (Lipinski definition) is 6. The third-order valence-electron chi connectivity index (χ3n) is 5.87. The molecule has 0 spiro atoms. The van der Waals surface area contributed by atoms with Crippen LogP contribution in [0.3, 0.4) is 0 Å². The lowest BCUT2D eigenvalue weighted by Crippen LogP contribution is -2.38. The Morgan fingerprint density at radius 1 is 1.30 bits per heavy atom. The lowest BCUT2D eigenvalue weighted by atomic mass is 9.94. The third kappa shape index (κ3) is 4.78. The van der Waals surface area contributed by atoms with E-state index in [-0.39, 0.29) is 36.4 Å². The first-order valence-electron chi connectivity index (χ1n) is 10.3. The number of aromatic nitrogens is 2. The van der Waals surface area contributed by atoms with Crippen molar-refractivity contribution < 1.29 is 23.0 Å². The molecule has 1 unspecified atom stereocenters. The number of alkyl halides is 2. The molecule has 0 bridgehead atoms. The zero-order valence-corrected chi connectivity index (χ0v) is 17.0. The second-order valence-corrected chi connectivity index (χ2v) is 8.50. The quantitative estimate of drug-likeness (QED) is 0.666. The van der Waals surface area contributed by atoms with E-state index in [4.69, 9.17) is 4.74 Å². The summed E-state index contributed by atoms with van der Waals surface area (Å²) in [6.45, 7) is 2.16. The third-order valence-corrected chi connectivity index (χ3v) is 5.87. The monoisotopic (exact) mass is 424 g/mol. The van der Waals surface area contributed by atoms with Gasteiger partial charge < -0.3 is 20.1 Å². The smallest absolute Gasteiger partial charge is 0.266 e. The fourth-order valence-electron chi connectivity index (χ4n) is 3.83. The van der Waals surface area contributed by atoms with Gasteiger partial charge in [0.1, 0.15) is 11.9 Å². The van der Waals surface area contributed by atoms with Crippen molar-refractivity contribution in [2.75, 3.05) is 36.5 Å². The van der Waals surface area contributed by atoms with Gasteiger partial charge in [-0.2, -0.15) is 4.39 Å². The number of ether oxygens (including phenoxy) is 1. The molecule has 0 aromatic carbocycles. The second-order valence-electron chi connectivity index (χ2n) is 8.50. The van der Waals surface area contributed by atoms with E-state index >= 15 is 4.39 Å². The molecular weight excluding hydrogens is 397 g/mol. The first kappa shape index (κ1) is 21.1. The predicted molar refractivity (Wildman–Crippen MR) is 107 cm³/mol. The summed E-state index contributed by atoms with van der Waals surface area (Å²) in [5.41, 5.74) is 0.0593. The van der Waals surface area contributed by atoms with Gasteiger partial charge in [-0.15, -0.1) is 0 Å². The minimum Gasteiger partial charge on any atom is -0.386 e. The zero-order chi connectivity index (χ0) is 21.4. The number of nitrogens with one attached hydrogen (secondary N) is 1. The maximum absolute atomic E-state index is 15.2. The topological polar surface area (TPSA) is 70.5 Å². The van der Waals surface area contributed by atoms with E-state index in [2.05, 4.69) is 15.3 Å². The summed E-state index contributed by atoms with van der Waals surface area (Å²) in [5.74, 6) is -3.15. The average molecular weight is 424 g/mol. The highest BCUT2D eigenvalue weighted by molar-refractivity contribution is 5.53. The van der Waals surface area contributed by atoms with E-state index in [0.29, 0.717) is 32.4 Å². The lowest BCUT2D eigenvalue weighted by Gasteiger charge is -2.28. The molecule has 1 aromatic rings. The Hall–Kier alpha value is -2.13. The van der Waals surface area contributed by atoms with E-state index in [1.165, 1.54) is 12.4 Å². The highest BCUT2D eigenvalue weighted by Gasteiger charge is 2.35. The first-order chi connectivity index (χ1) is 14.3. The van der Waals surface area contributed by atoms with Crippen molar-refractivity contribution in [3.05, 3.63) is 35.4 Å². The van der Waals surface area contributed by atoms with Crippen LogP contribution in [0.2, 0.25) is 0 Å². The standard InChI is InChI=1S/C21H27F3N4O2/c1-20(23,24)15-4-2-14(3-5-15)10-28(16-6-7-16)19-17(22)18(26-13-27-19)25-11-21(29)8-9-30-12-21/h2,4,13,16,29H,3,5-12H2,1H3,(H,25,26,27). The molecule has 4 rings (SSSR count). The molecule has 2 fully saturated rings. The molecule has 3 aliphatic rings. The van der Waals surface area contributed by atoms with Crippen molar-refractivity contribution >= 4 is 11.6 Å². The Kier molecular flexibility index (Phi) is 5.76. The molecular formula is C21H27F3N4O2. The number of nitrogens with zero attached hydrogens (tertiary/aromatic N) is 3. The molecule has 0 radical (unpaired) electrons. The van der Waals surface area contributed by atoms with E-state index < -0.39 is 17.3 Å². The molecule has 1 aromatic heterocycles.